The number of rotatable bonds is 2. The minimum Gasteiger partial charge on any atom is -0.382 e. The normalized spacial score (nSPS) is 7.00. The van der Waals surface area contributed by atoms with Crippen LogP contribution in [-0.2, 0) is 4.74 Å². The Morgan fingerprint density at radius 2 is 1.50 bits per heavy atom. The van der Waals surface area contributed by atoms with Crippen LogP contribution < -0.4 is 0 Å². The monoisotopic (exact) mass is 108 g/mol. The van der Waals surface area contributed by atoms with Crippen molar-refractivity contribution in [2.45, 2.75) is 13.8 Å². The van der Waals surface area contributed by atoms with Crippen molar-refractivity contribution in [1.82, 2.24) is 0 Å². The molecule has 0 amide bonds. The molecule has 0 aliphatic heterocycles. The molecule has 0 spiro atoms. The van der Waals surface area contributed by atoms with Crippen molar-refractivity contribution < 1.29 is 4.74 Å². The molecular formula is C4H12OS. The summed E-state index contributed by atoms with van der Waals surface area (Å²) in [4.78, 5) is 0. The van der Waals surface area contributed by atoms with E-state index >= 15 is 0 Å². The zero-order valence-electron chi connectivity index (χ0n) is 4.32. The van der Waals surface area contributed by atoms with E-state index in [2.05, 4.69) is 0 Å². The molecule has 0 unspecified atom stereocenters. The van der Waals surface area contributed by atoms with Gasteiger partial charge in [0.05, 0.1) is 0 Å². The van der Waals surface area contributed by atoms with Gasteiger partial charge in [-0.05, 0) is 13.8 Å². The molecule has 0 fully saturated rings. The van der Waals surface area contributed by atoms with Crippen LogP contribution in [0.2, 0.25) is 0 Å². The largest absolute Gasteiger partial charge is 0.382 e. The fourth-order valence-electron chi connectivity index (χ4n) is 0.204. The van der Waals surface area contributed by atoms with Gasteiger partial charge in [-0.15, -0.1) is 0 Å². The first kappa shape index (κ1) is 9.58. The van der Waals surface area contributed by atoms with Gasteiger partial charge in [0.2, 0.25) is 0 Å². The van der Waals surface area contributed by atoms with E-state index < -0.39 is 0 Å². The predicted molar refractivity (Wildman–Crippen MR) is 32.5 cm³/mol. The molecule has 0 heterocycles. The van der Waals surface area contributed by atoms with E-state index in [-0.39, 0.29) is 13.5 Å². The highest BCUT2D eigenvalue weighted by atomic mass is 32.1. The van der Waals surface area contributed by atoms with E-state index in [1.54, 1.807) is 0 Å². The molecule has 0 bridgehead atoms. The van der Waals surface area contributed by atoms with Crippen LogP contribution in [-0.4, -0.2) is 13.2 Å². The minimum absolute atomic E-state index is 0. The van der Waals surface area contributed by atoms with Crippen LogP contribution in [0.4, 0.5) is 0 Å². The maximum absolute atomic E-state index is 4.83. The van der Waals surface area contributed by atoms with Crippen molar-refractivity contribution >= 4 is 13.5 Å². The van der Waals surface area contributed by atoms with Crippen molar-refractivity contribution in [3.05, 3.63) is 0 Å². The zero-order chi connectivity index (χ0) is 4.12. The van der Waals surface area contributed by atoms with Gasteiger partial charge in [-0.1, -0.05) is 0 Å². The van der Waals surface area contributed by atoms with E-state index in [4.69, 9.17) is 4.74 Å². The van der Waals surface area contributed by atoms with Crippen molar-refractivity contribution in [3.63, 3.8) is 0 Å². The molecule has 0 aromatic carbocycles. The van der Waals surface area contributed by atoms with Gasteiger partial charge in [0.15, 0.2) is 0 Å². The summed E-state index contributed by atoms with van der Waals surface area (Å²) in [6.45, 7) is 5.67. The lowest BCUT2D eigenvalue weighted by molar-refractivity contribution is 0.162. The van der Waals surface area contributed by atoms with Crippen LogP contribution in [0.15, 0.2) is 0 Å². The standard InChI is InChI=1S/C4H10O.H2S/c1-3-5-4-2;/h3-4H2,1-2H3;1H2. The van der Waals surface area contributed by atoms with Gasteiger partial charge >= 0.3 is 0 Å². The summed E-state index contributed by atoms with van der Waals surface area (Å²) in [5, 5.41) is 0. The third-order valence-corrected chi connectivity index (χ3v) is 0.408. The Balaban J connectivity index is 0. The molecule has 0 aliphatic carbocycles. The summed E-state index contributed by atoms with van der Waals surface area (Å²) >= 11 is 0. The third kappa shape index (κ3) is 8.85. The Labute approximate surface area is 46.1 Å². The Morgan fingerprint density at radius 1 is 1.17 bits per heavy atom. The quantitative estimate of drug-likeness (QED) is 0.515. The molecule has 0 saturated heterocycles. The second kappa shape index (κ2) is 9.00. The Morgan fingerprint density at radius 3 is 1.50 bits per heavy atom. The molecule has 6 heavy (non-hydrogen) atoms. The van der Waals surface area contributed by atoms with Gasteiger partial charge < -0.3 is 4.74 Å². The molecule has 0 aromatic heterocycles. The lowest BCUT2D eigenvalue weighted by atomic mass is 10.8. The average molecular weight is 108 g/mol. The lowest BCUT2D eigenvalue weighted by Crippen LogP contribution is -1.84. The Bertz CT molecular complexity index is 15.0. The first-order valence-corrected chi connectivity index (χ1v) is 1.99. The Hall–Kier alpha value is 0.310. The highest BCUT2D eigenvalue weighted by molar-refractivity contribution is 7.59. The van der Waals surface area contributed by atoms with Gasteiger partial charge in [0.1, 0.15) is 0 Å². The SMILES string of the molecule is CCOCC.S. The van der Waals surface area contributed by atoms with Crippen LogP contribution in [0, 0.1) is 0 Å². The maximum atomic E-state index is 4.83. The molecule has 0 N–H and O–H groups in total. The van der Waals surface area contributed by atoms with Gasteiger partial charge in [-0.2, -0.15) is 13.5 Å². The zero-order valence-corrected chi connectivity index (χ0v) is 5.32. The van der Waals surface area contributed by atoms with Crippen LogP contribution >= 0.6 is 13.5 Å². The van der Waals surface area contributed by atoms with E-state index in [0.29, 0.717) is 0 Å². The summed E-state index contributed by atoms with van der Waals surface area (Å²) in [5.74, 6) is 0. The van der Waals surface area contributed by atoms with Gasteiger partial charge in [-0.3, -0.25) is 0 Å². The van der Waals surface area contributed by atoms with Crippen LogP contribution in [0.25, 0.3) is 0 Å². The second-order valence-corrected chi connectivity index (χ2v) is 0.781. The van der Waals surface area contributed by atoms with E-state index in [1.807, 2.05) is 13.8 Å². The molecule has 0 radical (unpaired) electrons. The van der Waals surface area contributed by atoms with Crippen molar-refractivity contribution in [2.24, 2.45) is 0 Å². The number of hydrogen-bond acceptors (Lipinski definition) is 1. The van der Waals surface area contributed by atoms with Crippen molar-refractivity contribution in [2.75, 3.05) is 13.2 Å². The summed E-state index contributed by atoms with van der Waals surface area (Å²) < 4.78 is 4.83. The second-order valence-electron chi connectivity index (χ2n) is 0.781. The van der Waals surface area contributed by atoms with Crippen LogP contribution in [0.3, 0.4) is 0 Å². The summed E-state index contributed by atoms with van der Waals surface area (Å²) in [7, 11) is 0. The van der Waals surface area contributed by atoms with E-state index in [1.165, 1.54) is 0 Å². The fraction of sp³-hybridized carbons (Fsp3) is 1.00. The summed E-state index contributed by atoms with van der Waals surface area (Å²) in [5.41, 5.74) is 0. The van der Waals surface area contributed by atoms with E-state index in [0.717, 1.165) is 13.2 Å². The smallest absolute Gasteiger partial charge is 0.0437 e. The number of hydrogen-bond donors (Lipinski definition) is 0. The average Bonchev–Trinajstić information content (AvgIpc) is 1.41. The molecule has 0 atom stereocenters. The molecule has 0 saturated carbocycles. The number of ether oxygens (including phenoxy) is 1. The predicted octanol–water partition coefficient (Wildman–Crippen LogP) is 1.16. The highest BCUT2D eigenvalue weighted by Gasteiger charge is 1.64. The molecule has 2 heteroatoms. The van der Waals surface area contributed by atoms with Gasteiger partial charge in [0.25, 0.3) is 0 Å². The summed E-state index contributed by atoms with van der Waals surface area (Å²) in [6.07, 6.45) is 0. The van der Waals surface area contributed by atoms with Crippen LogP contribution in [0.1, 0.15) is 13.8 Å². The minimum atomic E-state index is 0. The van der Waals surface area contributed by atoms with Crippen molar-refractivity contribution in [1.29, 1.82) is 0 Å². The van der Waals surface area contributed by atoms with Crippen LogP contribution in [0.5, 0.6) is 0 Å². The Kier molecular flexibility index (Phi) is 14.4. The summed E-state index contributed by atoms with van der Waals surface area (Å²) in [6, 6.07) is 0. The lowest BCUT2D eigenvalue weighted by Gasteiger charge is -1.86. The fourth-order valence-corrected chi connectivity index (χ4v) is 0.204. The van der Waals surface area contributed by atoms with Gasteiger partial charge in [-0.25, -0.2) is 0 Å². The van der Waals surface area contributed by atoms with Gasteiger partial charge in [0, 0.05) is 13.2 Å². The first-order valence-electron chi connectivity index (χ1n) is 1.99. The van der Waals surface area contributed by atoms with E-state index in [9.17, 15) is 0 Å². The first-order chi connectivity index (χ1) is 2.41. The third-order valence-electron chi connectivity index (χ3n) is 0.408. The van der Waals surface area contributed by atoms with Crippen molar-refractivity contribution in [3.8, 4) is 0 Å². The molecular weight excluding hydrogens is 96.1 g/mol. The highest BCUT2D eigenvalue weighted by Crippen LogP contribution is 1.64. The topological polar surface area (TPSA) is 9.23 Å². The molecule has 0 aliphatic rings. The molecule has 0 aromatic rings. The molecule has 1 nitrogen and oxygen atoms in total. The maximum Gasteiger partial charge on any atom is 0.0437 e. The molecule has 0 rings (SSSR count). The molecule has 40 valence electrons.